The summed E-state index contributed by atoms with van der Waals surface area (Å²) in [5.74, 6) is -3.68. The molecule has 33 heavy (non-hydrogen) atoms. The Labute approximate surface area is 197 Å². The van der Waals surface area contributed by atoms with Gasteiger partial charge in [-0.2, -0.15) is 0 Å². The monoisotopic (exact) mass is 457 g/mol. The molecule has 0 saturated carbocycles. The molecule has 2 rings (SSSR count). The molecule has 0 bridgehead atoms. The van der Waals surface area contributed by atoms with E-state index in [9.17, 15) is 24.6 Å². The Morgan fingerprint density at radius 2 is 1.67 bits per heavy atom. The molecule has 1 heterocycles. The summed E-state index contributed by atoms with van der Waals surface area (Å²) in [5, 5.41) is 20.5. The number of aliphatic carboxylic acids is 2. The van der Waals surface area contributed by atoms with Gasteiger partial charge in [-0.25, -0.2) is 4.79 Å². The molecule has 6 heteroatoms. The van der Waals surface area contributed by atoms with E-state index >= 15 is 0 Å². The van der Waals surface area contributed by atoms with Crippen LogP contribution in [0.4, 0.5) is 0 Å². The van der Waals surface area contributed by atoms with Crippen molar-refractivity contribution >= 4 is 17.8 Å². The van der Waals surface area contributed by atoms with E-state index in [1.165, 1.54) is 4.90 Å². The van der Waals surface area contributed by atoms with Crippen molar-refractivity contribution in [1.29, 1.82) is 0 Å². The summed E-state index contributed by atoms with van der Waals surface area (Å²) in [6.45, 7) is 17.7. The molecule has 182 valence electrons. The molecule has 6 nitrogen and oxygen atoms in total. The van der Waals surface area contributed by atoms with Crippen LogP contribution < -0.4 is 0 Å². The third-order valence-corrected chi connectivity index (χ3v) is 7.66. The van der Waals surface area contributed by atoms with Gasteiger partial charge in [0.2, 0.25) is 5.91 Å². The third-order valence-electron chi connectivity index (χ3n) is 7.66. The van der Waals surface area contributed by atoms with Gasteiger partial charge in [0.25, 0.3) is 0 Å². The number of hydrogen-bond acceptors (Lipinski definition) is 3. The molecule has 1 amide bonds. The number of likely N-dealkylation sites (tertiary alicyclic amines) is 1. The average Bonchev–Trinajstić information content (AvgIpc) is 2.88. The lowest BCUT2D eigenvalue weighted by atomic mass is 9.48. The Kier molecular flexibility index (Phi) is 7.52. The van der Waals surface area contributed by atoms with Crippen LogP contribution in [0.3, 0.4) is 0 Å². The molecule has 1 saturated heterocycles. The quantitative estimate of drug-likeness (QED) is 0.515. The lowest BCUT2D eigenvalue weighted by molar-refractivity contribution is -0.163. The minimum absolute atomic E-state index is 0.0224. The highest BCUT2D eigenvalue weighted by Gasteiger charge is 2.70. The highest BCUT2D eigenvalue weighted by atomic mass is 16.4. The Bertz CT molecular complexity index is 902. The zero-order chi connectivity index (χ0) is 25.4. The molecule has 1 fully saturated rings. The molecule has 0 aliphatic carbocycles. The minimum Gasteiger partial charge on any atom is -0.481 e. The number of carboxylic acid groups (broad SMARTS) is 2. The van der Waals surface area contributed by atoms with E-state index in [1.807, 2.05) is 71.9 Å². The highest BCUT2D eigenvalue weighted by molar-refractivity contribution is 5.95. The van der Waals surface area contributed by atoms with Gasteiger partial charge in [0, 0.05) is 18.4 Å². The van der Waals surface area contributed by atoms with E-state index in [0.29, 0.717) is 12.0 Å². The third kappa shape index (κ3) is 4.57. The smallest absolute Gasteiger partial charge is 0.326 e. The fourth-order valence-electron chi connectivity index (χ4n) is 5.73. The maximum atomic E-state index is 14.4. The van der Waals surface area contributed by atoms with Gasteiger partial charge in [0.1, 0.15) is 6.04 Å². The number of amides is 1. The Balaban J connectivity index is 2.78. The molecule has 0 spiro atoms. The van der Waals surface area contributed by atoms with Crippen LogP contribution in [0.25, 0.3) is 0 Å². The summed E-state index contributed by atoms with van der Waals surface area (Å²) in [5.41, 5.74) is -1.39. The van der Waals surface area contributed by atoms with Crippen molar-refractivity contribution in [3.63, 3.8) is 0 Å². The summed E-state index contributed by atoms with van der Waals surface area (Å²) in [7, 11) is 0. The van der Waals surface area contributed by atoms with Crippen LogP contribution >= 0.6 is 0 Å². The lowest BCUT2D eigenvalue weighted by Gasteiger charge is -2.52. The van der Waals surface area contributed by atoms with E-state index in [0.717, 1.165) is 5.56 Å². The number of benzene rings is 1. The summed E-state index contributed by atoms with van der Waals surface area (Å²) < 4.78 is 0. The van der Waals surface area contributed by atoms with Crippen LogP contribution in [0.5, 0.6) is 0 Å². The van der Waals surface area contributed by atoms with E-state index in [2.05, 4.69) is 6.58 Å². The highest BCUT2D eigenvalue weighted by Crippen LogP contribution is 2.64. The predicted octanol–water partition coefficient (Wildman–Crippen LogP) is 4.89. The summed E-state index contributed by atoms with van der Waals surface area (Å²) >= 11 is 0. The second-order valence-corrected chi connectivity index (χ2v) is 11.2. The van der Waals surface area contributed by atoms with E-state index in [-0.39, 0.29) is 18.9 Å². The molecule has 0 radical (unpaired) electrons. The molecule has 1 aromatic carbocycles. The fourth-order valence-corrected chi connectivity index (χ4v) is 5.73. The number of carboxylic acids is 2. The van der Waals surface area contributed by atoms with Crippen molar-refractivity contribution in [3.05, 3.63) is 48.0 Å². The van der Waals surface area contributed by atoms with E-state index in [4.69, 9.17) is 0 Å². The number of carbonyl (C=O) groups excluding carboxylic acids is 1. The Morgan fingerprint density at radius 3 is 2.06 bits per heavy atom. The molecular formula is C27H39NO5. The van der Waals surface area contributed by atoms with Crippen molar-refractivity contribution in [2.45, 2.75) is 67.3 Å². The molecule has 4 atom stereocenters. The first-order valence-corrected chi connectivity index (χ1v) is 11.6. The molecule has 2 N–H and O–H groups in total. The molecule has 1 aliphatic heterocycles. The number of nitrogens with zero attached hydrogens (tertiary/aromatic N) is 1. The predicted molar refractivity (Wildman–Crippen MR) is 129 cm³/mol. The fraction of sp³-hybridized carbons (Fsp3) is 0.593. The Hall–Kier alpha value is -2.63. The normalized spacial score (nSPS) is 25.2. The standard InChI is InChI=1S/C27H39NO5/c1-17(2)15-27(21(18(3)4)23(31)32)24(33)28(16-26(27,8)25(5,6)7)20(22(29)30)14-19-12-10-9-11-13-19/h9-13,17,20-21H,3,14-16H2,1-2,4-8H3,(H,29,30)(H,31,32). The molecule has 0 aromatic heterocycles. The summed E-state index contributed by atoms with van der Waals surface area (Å²) in [4.78, 5) is 40.9. The van der Waals surface area contributed by atoms with Gasteiger partial charge in [0.15, 0.2) is 0 Å². The van der Waals surface area contributed by atoms with Gasteiger partial charge in [-0.3, -0.25) is 9.59 Å². The Morgan fingerprint density at radius 1 is 1.12 bits per heavy atom. The number of carbonyl (C=O) groups is 3. The second kappa shape index (κ2) is 9.32. The van der Waals surface area contributed by atoms with Gasteiger partial charge in [0.05, 0.1) is 11.3 Å². The first-order chi connectivity index (χ1) is 15.1. The first kappa shape index (κ1) is 26.6. The van der Waals surface area contributed by atoms with Crippen LogP contribution in [-0.2, 0) is 20.8 Å². The molecule has 4 unspecified atom stereocenters. The minimum atomic E-state index is -1.32. The van der Waals surface area contributed by atoms with Crippen LogP contribution in [0.2, 0.25) is 0 Å². The zero-order valence-corrected chi connectivity index (χ0v) is 21.0. The van der Waals surface area contributed by atoms with Gasteiger partial charge < -0.3 is 15.1 Å². The van der Waals surface area contributed by atoms with E-state index in [1.54, 1.807) is 6.92 Å². The zero-order valence-electron chi connectivity index (χ0n) is 21.0. The number of rotatable bonds is 9. The van der Waals surface area contributed by atoms with Crippen LogP contribution in [0, 0.1) is 28.1 Å². The van der Waals surface area contributed by atoms with Crippen molar-refractivity contribution in [2.24, 2.45) is 28.1 Å². The van der Waals surface area contributed by atoms with Crippen LogP contribution in [0.1, 0.15) is 60.5 Å². The van der Waals surface area contributed by atoms with Crippen LogP contribution in [-0.4, -0.2) is 45.5 Å². The summed E-state index contributed by atoms with van der Waals surface area (Å²) in [6.07, 6.45) is 0.488. The summed E-state index contributed by atoms with van der Waals surface area (Å²) in [6, 6.07) is 8.13. The largest absolute Gasteiger partial charge is 0.481 e. The second-order valence-electron chi connectivity index (χ2n) is 11.2. The average molecular weight is 458 g/mol. The molecule has 1 aromatic rings. The maximum absolute atomic E-state index is 14.4. The first-order valence-electron chi connectivity index (χ1n) is 11.6. The topological polar surface area (TPSA) is 94.9 Å². The maximum Gasteiger partial charge on any atom is 0.326 e. The van der Waals surface area contributed by atoms with E-state index < -0.39 is 46.1 Å². The van der Waals surface area contributed by atoms with Crippen molar-refractivity contribution in [1.82, 2.24) is 4.90 Å². The van der Waals surface area contributed by atoms with Crippen molar-refractivity contribution in [3.8, 4) is 0 Å². The SMILES string of the molecule is C=C(C)C(C(=O)O)C1(CC(C)C)C(=O)N(C(Cc2ccccc2)C(=O)O)CC1(C)C(C)(C)C. The number of hydrogen-bond donors (Lipinski definition) is 2. The van der Waals surface area contributed by atoms with Gasteiger partial charge in [-0.15, -0.1) is 0 Å². The van der Waals surface area contributed by atoms with Crippen LogP contribution in [0.15, 0.2) is 42.5 Å². The lowest BCUT2D eigenvalue weighted by Crippen LogP contribution is -2.56. The van der Waals surface area contributed by atoms with Gasteiger partial charge >= 0.3 is 11.9 Å². The van der Waals surface area contributed by atoms with Crippen molar-refractivity contribution < 1.29 is 24.6 Å². The van der Waals surface area contributed by atoms with Crippen molar-refractivity contribution in [2.75, 3.05) is 6.54 Å². The van der Waals surface area contributed by atoms with Gasteiger partial charge in [-0.05, 0) is 30.2 Å². The van der Waals surface area contributed by atoms with Gasteiger partial charge in [-0.1, -0.05) is 84.0 Å². The molecular weight excluding hydrogens is 418 g/mol. The molecule has 1 aliphatic rings.